The fourth-order valence-electron chi connectivity index (χ4n) is 2.25. The second kappa shape index (κ2) is 6.34. The number of carbonyl (C=O) groups is 1. The van der Waals surface area contributed by atoms with Crippen LogP contribution in [0.5, 0.6) is 11.5 Å². The average molecular weight is 292 g/mol. The third-order valence-corrected chi connectivity index (χ3v) is 3.19. The number of nitrogens with one attached hydrogen (secondary N) is 1. The summed E-state index contributed by atoms with van der Waals surface area (Å²) in [4.78, 5) is 15.0. The van der Waals surface area contributed by atoms with Crippen molar-refractivity contribution >= 4 is 5.97 Å². The van der Waals surface area contributed by atoms with Gasteiger partial charge in [-0.25, -0.2) is 4.79 Å². The third-order valence-electron chi connectivity index (χ3n) is 3.19. The van der Waals surface area contributed by atoms with Gasteiger partial charge in [-0.1, -0.05) is 5.11 Å². The Hall–Kier alpha value is -2.44. The largest absolute Gasteiger partial charge is 0.508 e. The SMILES string of the molecule is CCOC(=O)C1(NCCN=[N+]=[N-])COc2cc(O)ccc21. The first-order valence-electron chi connectivity index (χ1n) is 6.53. The molecular weight excluding hydrogens is 276 g/mol. The molecule has 0 saturated carbocycles. The van der Waals surface area contributed by atoms with Crippen LogP contribution in [0.4, 0.5) is 0 Å². The number of nitrogens with zero attached hydrogens (tertiary/aromatic N) is 3. The van der Waals surface area contributed by atoms with Gasteiger partial charge < -0.3 is 14.6 Å². The molecule has 2 rings (SSSR count). The molecule has 112 valence electrons. The number of carbonyl (C=O) groups excluding carboxylic acids is 1. The maximum Gasteiger partial charge on any atom is 0.334 e. The van der Waals surface area contributed by atoms with Gasteiger partial charge >= 0.3 is 5.97 Å². The van der Waals surface area contributed by atoms with Crippen LogP contribution in [0.15, 0.2) is 23.3 Å². The van der Waals surface area contributed by atoms with Crippen molar-refractivity contribution in [2.45, 2.75) is 12.5 Å². The van der Waals surface area contributed by atoms with Crippen LogP contribution in [0.1, 0.15) is 12.5 Å². The number of phenols is 1. The van der Waals surface area contributed by atoms with Crippen molar-refractivity contribution in [1.29, 1.82) is 0 Å². The summed E-state index contributed by atoms with van der Waals surface area (Å²) in [7, 11) is 0. The van der Waals surface area contributed by atoms with Crippen molar-refractivity contribution in [3.05, 3.63) is 34.2 Å². The van der Waals surface area contributed by atoms with Crippen molar-refractivity contribution in [3.8, 4) is 11.5 Å². The van der Waals surface area contributed by atoms with Crippen molar-refractivity contribution < 1.29 is 19.4 Å². The monoisotopic (exact) mass is 292 g/mol. The number of hydrogen-bond donors (Lipinski definition) is 2. The Bertz CT molecular complexity index is 586. The normalized spacial score (nSPS) is 19.3. The summed E-state index contributed by atoms with van der Waals surface area (Å²) in [6, 6.07) is 4.55. The first kappa shape index (κ1) is 15.0. The first-order chi connectivity index (χ1) is 10.1. The molecular formula is C13H16N4O4. The number of ether oxygens (including phenoxy) is 2. The molecule has 8 nitrogen and oxygen atoms in total. The van der Waals surface area contributed by atoms with E-state index in [0.717, 1.165) is 0 Å². The summed E-state index contributed by atoms with van der Waals surface area (Å²) in [5.41, 5.74) is 7.74. The Morgan fingerprint density at radius 3 is 3.19 bits per heavy atom. The minimum atomic E-state index is -1.15. The number of esters is 1. The molecule has 0 amide bonds. The zero-order valence-electron chi connectivity index (χ0n) is 11.6. The van der Waals surface area contributed by atoms with Crippen LogP contribution >= 0.6 is 0 Å². The summed E-state index contributed by atoms with van der Waals surface area (Å²) in [5.74, 6) is 0.0252. The molecule has 1 aliphatic rings. The van der Waals surface area contributed by atoms with Gasteiger partial charge in [0.25, 0.3) is 0 Å². The number of phenolic OH excluding ortho intramolecular Hbond substituents is 1. The summed E-state index contributed by atoms with van der Waals surface area (Å²) in [5, 5.41) is 16.0. The first-order valence-corrected chi connectivity index (χ1v) is 6.53. The van der Waals surface area contributed by atoms with Crippen LogP contribution in [-0.2, 0) is 15.1 Å². The smallest absolute Gasteiger partial charge is 0.334 e. The molecule has 0 radical (unpaired) electrons. The molecule has 1 aromatic carbocycles. The number of aromatic hydroxyl groups is 1. The lowest BCUT2D eigenvalue weighted by molar-refractivity contribution is -0.152. The molecule has 21 heavy (non-hydrogen) atoms. The quantitative estimate of drug-likeness (QED) is 0.270. The topological polar surface area (TPSA) is 117 Å². The minimum Gasteiger partial charge on any atom is -0.508 e. The van der Waals surface area contributed by atoms with Gasteiger partial charge in [-0.15, -0.1) is 0 Å². The lowest BCUT2D eigenvalue weighted by Gasteiger charge is -2.26. The summed E-state index contributed by atoms with van der Waals surface area (Å²) in [6.07, 6.45) is 0. The molecule has 8 heteroatoms. The van der Waals surface area contributed by atoms with Gasteiger partial charge in [0.15, 0.2) is 5.54 Å². The van der Waals surface area contributed by atoms with E-state index in [4.69, 9.17) is 15.0 Å². The molecule has 0 spiro atoms. The number of rotatable bonds is 6. The second-order valence-corrected chi connectivity index (χ2v) is 4.48. The van der Waals surface area contributed by atoms with E-state index in [1.807, 2.05) is 0 Å². The van der Waals surface area contributed by atoms with Crippen LogP contribution in [0.2, 0.25) is 0 Å². The summed E-state index contributed by atoms with van der Waals surface area (Å²) in [6.45, 7) is 2.52. The van der Waals surface area contributed by atoms with Gasteiger partial charge in [0.1, 0.15) is 18.1 Å². The van der Waals surface area contributed by atoms with Crippen LogP contribution in [0.3, 0.4) is 0 Å². The molecule has 2 N–H and O–H groups in total. The van der Waals surface area contributed by atoms with E-state index in [9.17, 15) is 9.90 Å². The number of fused-ring (bicyclic) bond motifs is 1. The third kappa shape index (κ3) is 2.86. The molecule has 0 aromatic heterocycles. The van der Waals surface area contributed by atoms with Crippen LogP contribution in [0, 0.1) is 0 Å². The molecule has 0 bridgehead atoms. The van der Waals surface area contributed by atoms with Gasteiger partial charge in [0, 0.05) is 29.6 Å². The van der Waals surface area contributed by atoms with Gasteiger partial charge in [-0.2, -0.15) is 0 Å². The number of azide groups is 1. The number of benzene rings is 1. The van der Waals surface area contributed by atoms with E-state index in [-0.39, 0.29) is 25.5 Å². The Morgan fingerprint density at radius 2 is 2.48 bits per heavy atom. The zero-order chi connectivity index (χ0) is 15.3. The highest BCUT2D eigenvalue weighted by Gasteiger charge is 2.48. The van der Waals surface area contributed by atoms with Gasteiger partial charge in [0.2, 0.25) is 0 Å². The second-order valence-electron chi connectivity index (χ2n) is 4.48. The van der Waals surface area contributed by atoms with E-state index < -0.39 is 11.5 Å². The Morgan fingerprint density at radius 1 is 1.67 bits per heavy atom. The Kier molecular flexibility index (Phi) is 4.52. The fourth-order valence-corrected chi connectivity index (χ4v) is 2.25. The summed E-state index contributed by atoms with van der Waals surface area (Å²) >= 11 is 0. The van der Waals surface area contributed by atoms with E-state index in [1.165, 1.54) is 12.1 Å². The highest BCUT2D eigenvalue weighted by molar-refractivity contribution is 5.85. The van der Waals surface area contributed by atoms with E-state index in [1.54, 1.807) is 13.0 Å². The molecule has 1 aromatic rings. The minimum absolute atomic E-state index is 0.0564. The fraction of sp³-hybridized carbons (Fsp3) is 0.462. The Balaban J connectivity index is 2.30. The van der Waals surface area contributed by atoms with Crippen molar-refractivity contribution in [2.24, 2.45) is 5.11 Å². The molecule has 0 saturated heterocycles. The molecule has 0 fully saturated rings. The predicted octanol–water partition coefficient (Wildman–Crippen LogP) is 1.44. The molecule has 1 unspecified atom stereocenters. The highest BCUT2D eigenvalue weighted by atomic mass is 16.5. The van der Waals surface area contributed by atoms with E-state index in [0.29, 0.717) is 17.9 Å². The lowest BCUT2D eigenvalue weighted by Crippen LogP contribution is -2.52. The predicted molar refractivity (Wildman–Crippen MR) is 73.9 cm³/mol. The number of hydrogen-bond acceptors (Lipinski definition) is 6. The molecule has 1 atom stereocenters. The van der Waals surface area contributed by atoms with E-state index >= 15 is 0 Å². The van der Waals surface area contributed by atoms with Crippen LogP contribution in [-0.4, -0.2) is 37.4 Å². The molecule has 1 aliphatic heterocycles. The standard InChI is InChI=1S/C13H16N4O4/c1-2-20-12(19)13(15-5-6-16-17-14)8-21-11-7-9(18)3-4-10(11)13/h3-4,7,15,18H,2,5-6,8H2,1H3. The zero-order valence-corrected chi connectivity index (χ0v) is 11.6. The summed E-state index contributed by atoms with van der Waals surface area (Å²) < 4.78 is 10.6. The highest BCUT2D eigenvalue weighted by Crippen LogP contribution is 2.39. The van der Waals surface area contributed by atoms with Crippen LogP contribution in [0.25, 0.3) is 10.4 Å². The van der Waals surface area contributed by atoms with Crippen LogP contribution < -0.4 is 10.1 Å². The van der Waals surface area contributed by atoms with Gasteiger partial charge in [-0.3, -0.25) is 5.32 Å². The lowest BCUT2D eigenvalue weighted by atomic mass is 9.91. The molecule has 0 aliphatic carbocycles. The van der Waals surface area contributed by atoms with Gasteiger partial charge in [0.05, 0.1) is 6.61 Å². The van der Waals surface area contributed by atoms with Gasteiger partial charge in [-0.05, 0) is 24.6 Å². The van der Waals surface area contributed by atoms with Crippen molar-refractivity contribution in [3.63, 3.8) is 0 Å². The van der Waals surface area contributed by atoms with Crippen molar-refractivity contribution in [2.75, 3.05) is 26.3 Å². The van der Waals surface area contributed by atoms with E-state index in [2.05, 4.69) is 15.3 Å². The molecule has 1 heterocycles. The Labute approximate surface area is 121 Å². The average Bonchev–Trinajstić information content (AvgIpc) is 2.83. The van der Waals surface area contributed by atoms with Crippen molar-refractivity contribution in [1.82, 2.24) is 5.32 Å². The maximum atomic E-state index is 12.3. The maximum absolute atomic E-state index is 12.3.